The summed E-state index contributed by atoms with van der Waals surface area (Å²) in [5, 5.41) is 15.7. The third-order valence-electron chi connectivity index (χ3n) is 6.11. The van der Waals surface area contributed by atoms with Gasteiger partial charge in [0.2, 0.25) is 5.95 Å². The molecule has 0 aliphatic heterocycles. The van der Waals surface area contributed by atoms with Crippen LogP contribution in [0.2, 0.25) is 0 Å². The molecule has 1 aliphatic carbocycles. The van der Waals surface area contributed by atoms with Crippen molar-refractivity contribution in [2.45, 2.75) is 50.6 Å². The van der Waals surface area contributed by atoms with Crippen molar-refractivity contribution in [2.75, 3.05) is 11.9 Å². The Kier molecular flexibility index (Phi) is 8.02. The predicted octanol–water partition coefficient (Wildman–Crippen LogP) is 5.33. The molecule has 38 heavy (non-hydrogen) atoms. The number of aliphatic hydroxyl groups is 1. The quantitative estimate of drug-likeness (QED) is 0.275. The normalized spacial score (nSPS) is 18.7. The van der Waals surface area contributed by atoms with Crippen LogP contribution in [-0.2, 0) is 18.9 Å². The molecule has 1 aliphatic rings. The zero-order valence-corrected chi connectivity index (χ0v) is 20.0. The van der Waals surface area contributed by atoms with Crippen LogP contribution in [0.25, 0.3) is 11.1 Å². The molecule has 0 atom stereocenters. The zero-order valence-electron chi connectivity index (χ0n) is 20.0. The number of anilines is 2. The average Bonchev–Trinajstić information content (AvgIpc) is 3.31. The molecule has 2 aromatic heterocycles. The van der Waals surface area contributed by atoms with Gasteiger partial charge in [0, 0.05) is 41.5 Å². The van der Waals surface area contributed by atoms with Gasteiger partial charge < -0.3 is 16.2 Å². The number of rotatable bonds is 7. The molecular formula is C24H25F6N7O. The average molecular weight is 542 g/mol. The molecule has 1 fully saturated rings. The highest BCUT2D eigenvalue weighted by atomic mass is 19.4. The van der Waals surface area contributed by atoms with Gasteiger partial charge in [-0.3, -0.25) is 4.68 Å². The number of hydrogen-bond acceptors (Lipinski definition) is 7. The van der Waals surface area contributed by atoms with E-state index >= 15 is 0 Å². The minimum Gasteiger partial charge on any atom is -0.394 e. The van der Waals surface area contributed by atoms with Gasteiger partial charge in [0.25, 0.3) is 0 Å². The van der Waals surface area contributed by atoms with E-state index in [0.717, 1.165) is 25.7 Å². The molecule has 4 rings (SSSR count). The molecule has 204 valence electrons. The maximum atomic E-state index is 13.3. The van der Waals surface area contributed by atoms with E-state index in [9.17, 15) is 26.3 Å². The Balaban J connectivity index is 1.69. The molecule has 0 spiro atoms. The van der Waals surface area contributed by atoms with Gasteiger partial charge >= 0.3 is 12.4 Å². The lowest BCUT2D eigenvalue weighted by Gasteiger charge is -2.22. The SMILES string of the molecule is NC1CCC(C=Nc2nc(Nc3cc(C(F)(F)F)cc(C(F)(F)F)c3)ncc2-c2cnn(CCO)c2)CC1. The first kappa shape index (κ1) is 27.5. The number of hydrogen-bond donors (Lipinski definition) is 3. The lowest BCUT2D eigenvalue weighted by atomic mass is 9.87. The van der Waals surface area contributed by atoms with Crippen LogP contribution < -0.4 is 11.1 Å². The summed E-state index contributed by atoms with van der Waals surface area (Å²) < 4.78 is 81.1. The largest absolute Gasteiger partial charge is 0.416 e. The van der Waals surface area contributed by atoms with E-state index in [4.69, 9.17) is 10.8 Å². The first-order valence-corrected chi connectivity index (χ1v) is 11.8. The summed E-state index contributed by atoms with van der Waals surface area (Å²) in [7, 11) is 0. The number of aliphatic imine (C=N–C) groups is 1. The Bertz CT molecular complexity index is 1250. The molecule has 4 N–H and O–H groups in total. The van der Waals surface area contributed by atoms with Crippen molar-refractivity contribution in [1.82, 2.24) is 19.7 Å². The fourth-order valence-corrected chi connectivity index (χ4v) is 4.09. The first-order chi connectivity index (χ1) is 17.9. The summed E-state index contributed by atoms with van der Waals surface area (Å²) >= 11 is 0. The summed E-state index contributed by atoms with van der Waals surface area (Å²) in [6.45, 7) is 0.116. The lowest BCUT2D eigenvalue weighted by molar-refractivity contribution is -0.143. The van der Waals surface area contributed by atoms with Crippen LogP contribution in [0.5, 0.6) is 0 Å². The van der Waals surface area contributed by atoms with Gasteiger partial charge in [0.05, 0.1) is 30.5 Å². The van der Waals surface area contributed by atoms with E-state index < -0.39 is 29.2 Å². The fourth-order valence-electron chi connectivity index (χ4n) is 4.09. The first-order valence-electron chi connectivity index (χ1n) is 11.8. The Morgan fingerprint density at radius 3 is 2.29 bits per heavy atom. The van der Waals surface area contributed by atoms with Crippen LogP contribution >= 0.6 is 0 Å². The fraction of sp³-hybridized carbons (Fsp3) is 0.417. The summed E-state index contributed by atoms with van der Waals surface area (Å²) in [6.07, 6.45) is -0.403. The Hall–Kier alpha value is -3.52. The maximum Gasteiger partial charge on any atom is 0.416 e. The second kappa shape index (κ2) is 11.1. The van der Waals surface area contributed by atoms with Gasteiger partial charge in [-0.05, 0) is 49.8 Å². The Labute approximate surface area is 213 Å². The number of nitrogens with two attached hydrogens (primary N) is 1. The van der Waals surface area contributed by atoms with Crippen molar-refractivity contribution in [3.8, 4) is 11.1 Å². The molecule has 1 aromatic carbocycles. The van der Waals surface area contributed by atoms with E-state index in [1.165, 1.54) is 17.1 Å². The summed E-state index contributed by atoms with van der Waals surface area (Å²) in [5.41, 5.74) is 3.57. The van der Waals surface area contributed by atoms with Crippen molar-refractivity contribution in [1.29, 1.82) is 0 Å². The zero-order chi connectivity index (χ0) is 27.5. The number of benzene rings is 1. The van der Waals surface area contributed by atoms with Crippen molar-refractivity contribution < 1.29 is 31.4 Å². The van der Waals surface area contributed by atoms with Gasteiger partial charge in [-0.2, -0.15) is 36.4 Å². The van der Waals surface area contributed by atoms with Crippen LogP contribution in [0.3, 0.4) is 0 Å². The highest BCUT2D eigenvalue weighted by molar-refractivity contribution is 5.77. The van der Waals surface area contributed by atoms with Crippen LogP contribution in [-0.4, -0.2) is 43.7 Å². The van der Waals surface area contributed by atoms with E-state index in [0.29, 0.717) is 23.3 Å². The summed E-state index contributed by atoms with van der Waals surface area (Å²) in [4.78, 5) is 12.9. The lowest BCUT2D eigenvalue weighted by Crippen LogP contribution is -2.26. The molecule has 3 aromatic rings. The number of nitrogens with zero attached hydrogens (tertiary/aromatic N) is 5. The molecule has 0 saturated heterocycles. The predicted molar refractivity (Wildman–Crippen MR) is 128 cm³/mol. The van der Waals surface area contributed by atoms with Gasteiger partial charge in [0.15, 0.2) is 5.82 Å². The van der Waals surface area contributed by atoms with Crippen LogP contribution in [0.1, 0.15) is 36.8 Å². The van der Waals surface area contributed by atoms with Crippen LogP contribution in [0.15, 0.2) is 41.8 Å². The number of nitrogens with one attached hydrogen (secondary N) is 1. The minimum atomic E-state index is -4.99. The van der Waals surface area contributed by atoms with E-state index in [1.54, 1.807) is 12.4 Å². The minimum absolute atomic E-state index is 0.0466. The van der Waals surface area contributed by atoms with E-state index in [2.05, 4.69) is 25.4 Å². The van der Waals surface area contributed by atoms with Crippen molar-refractivity contribution in [3.63, 3.8) is 0 Å². The van der Waals surface area contributed by atoms with Crippen molar-refractivity contribution in [3.05, 3.63) is 47.9 Å². The number of aromatic nitrogens is 4. The third kappa shape index (κ3) is 6.86. The van der Waals surface area contributed by atoms with Gasteiger partial charge in [-0.15, -0.1) is 0 Å². The third-order valence-corrected chi connectivity index (χ3v) is 6.11. The van der Waals surface area contributed by atoms with E-state index in [1.807, 2.05) is 0 Å². The molecule has 0 unspecified atom stereocenters. The molecule has 1 saturated carbocycles. The van der Waals surface area contributed by atoms with Gasteiger partial charge in [-0.25, -0.2) is 9.98 Å². The Morgan fingerprint density at radius 1 is 1.03 bits per heavy atom. The van der Waals surface area contributed by atoms with Gasteiger partial charge in [-0.1, -0.05) is 0 Å². The highest BCUT2D eigenvalue weighted by Gasteiger charge is 2.37. The number of halogens is 6. The molecule has 8 nitrogen and oxygen atoms in total. The van der Waals surface area contributed by atoms with Crippen molar-refractivity contribution in [2.24, 2.45) is 16.6 Å². The maximum absolute atomic E-state index is 13.3. The molecule has 0 amide bonds. The molecule has 14 heteroatoms. The topological polar surface area (TPSA) is 114 Å². The summed E-state index contributed by atoms with van der Waals surface area (Å²) in [6, 6.07) is 1.29. The molecule has 0 radical (unpaired) electrons. The number of aliphatic hydroxyl groups excluding tert-OH is 1. The van der Waals surface area contributed by atoms with E-state index in [-0.39, 0.29) is 42.9 Å². The smallest absolute Gasteiger partial charge is 0.394 e. The second-order valence-electron chi connectivity index (χ2n) is 9.02. The van der Waals surface area contributed by atoms with Crippen LogP contribution in [0, 0.1) is 5.92 Å². The monoisotopic (exact) mass is 541 g/mol. The number of alkyl halides is 6. The summed E-state index contributed by atoms with van der Waals surface area (Å²) in [5.74, 6) is 0.0645. The highest BCUT2D eigenvalue weighted by Crippen LogP contribution is 2.38. The molecular weight excluding hydrogens is 516 g/mol. The van der Waals surface area contributed by atoms with Crippen molar-refractivity contribution >= 4 is 23.7 Å². The molecule has 0 bridgehead atoms. The second-order valence-corrected chi connectivity index (χ2v) is 9.02. The molecule has 2 heterocycles. The van der Waals surface area contributed by atoms with Gasteiger partial charge in [0.1, 0.15) is 0 Å². The van der Waals surface area contributed by atoms with Crippen LogP contribution in [0.4, 0.5) is 43.8 Å². The Morgan fingerprint density at radius 2 is 1.68 bits per heavy atom. The standard InChI is InChI=1S/C24H25F6N7O/c25-23(26,27)16-7-17(24(28,29)30)9-19(8-16)35-22-33-12-20(15-11-34-37(13-15)5-6-38)21(36-22)32-10-14-1-3-18(31)4-2-14/h7-14,18,38H,1-6,31H2,(H,33,35,36).